The number of para-hydroxylation sites is 1. The second-order valence-corrected chi connectivity index (χ2v) is 6.77. The van der Waals surface area contributed by atoms with Gasteiger partial charge in [-0.3, -0.25) is 4.79 Å². The monoisotopic (exact) mass is 352 g/mol. The SMILES string of the molecule is CCOc1ccccc1/C=C1\SC(=Nc2ccc(C)cc2C)NC1=O. The number of nitrogens with one attached hydrogen (secondary N) is 1. The van der Waals surface area contributed by atoms with Gasteiger partial charge in [0.2, 0.25) is 0 Å². The van der Waals surface area contributed by atoms with Crippen LogP contribution in [0.15, 0.2) is 52.4 Å². The molecule has 1 fully saturated rings. The van der Waals surface area contributed by atoms with E-state index in [0.29, 0.717) is 16.7 Å². The van der Waals surface area contributed by atoms with E-state index in [1.54, 1.807) is 0 Å². The minimum Gasteiger partial charge on any atom is -0.493 e. The van der Waals surface area contributed by atoms with Crippen LogP contribution in [-0.2, 0) is 4.79 Å². The average Bonchev–Trinajstić information content (AvgIpc) is 2.92. The summed E-state index contributed by atoms with van der Waals surface area (Å²) in [6.07, 6.45) is 1.84. The Morgan fingerprint density at radius 2 is 2.00 bits per heavy atom. The molecule has 1 N–H and O–H groups in total. The maximum atomic E-state index is 12.3. The summed E-state index contributed by atoms with van der Waals surface area (Å²) in [6, 6.07) is 13.7. The third-order valence-electron chi connectivity index (χ3n) is 3.73. The van der Waals surface area contributed by atoms with Gasteiger partial charge in [0.25, 0.3) is 5.91 Å². The zero-order chi connectivity index (χ0) is 17.8. The van der Waals surface area contributed by atoms with E-state index >= 15 is 0 Å². The van der Waals surface area contributed by atoms with Crippen molar-refractivity contribution in [3.63, 3.8) is 0 Å². The Kier molecular flexibility index (Phi) is 5.24. The molecule has 2 aromatic carbocycles. The number of amidine groups is 1. The molecular formula is C20H20N2O2S. The predicted octanol–water partition coefficient (Wildman–Crippen LogP) is 4.59. The van der Waals surface area contributed by atoms with Gasteiger partial charge in [0, 0.05) is 5.56 Å². The van der Waals surface area contributed by atoms with Crippen molar-refractivity contribution in [3.05, 3.63) is 64.1 Å². The van der Waals surface area contributed by atoms with Crippen LogP contribution in [0.5, 0.6) is 5.75 Å². The third kappa shape index (κ3) is 4.12. The first-order valence-electron chi connectivity index (χ1n) is 8.15. The second-order valence-electron chi connectivity index (χ2n) is 5.74. The van der Waals surface area contributed by atoms with Crippen LogP contribution in [0.25, 0.3) is 6.08 Å². The van der Waals surface area contributed by atoms with Crippen molar-refractivity contribution in [2.45, 2.75) is 20.8 Å². The number of amides is 1. The molecule has 1 aliphatic heterocycles. The number of rotatable bonds is 4. The number of hydrogen-bond donors (Lipinski definition) is 1. The smallest absolute Gasteiger partial charge is 0.264 e. The maximum absolute atomic E-state index is 12.3. The zero-order valence-corrected chi connectivity index (χ0v) is 15.3. The van der Waals surface area contributed by atoms with Crippen molar-refractivity contribution >= 4 is 34.6 Å². The Morgan fingerprint density at radius 1 is 1.20 bits per heavy atom. The van der Waals surface area contributed by atoms with Crippen LogP contribution < -0.4 is 10.1 Å². The highest BCUT2D eigenvalue weighted by molar-refractivity contribution is 8.18. The van der Waals surface area contributed by atoms with Gasteiger partial charge in [-0.1, -0.05) is 35.9 Å². The Hall–Kier alpha value is -2.53. The van der Waals surface area contributed by atoms with Crippen LogP contribution in [0.3, 0.4) is 0 Å². The maximum Gasteiger partial charge on any atom is 0.264 e. The van der Waals surface area contributed by atoms with Gasteiger partial charge in [-0.2, -0.15) is 0 Å². The zero-order valence-electron chi connectivity index (χ0n) is 14.5. The number of ether oxygens (including phenoxy) is 1. The molecule has 0 aromatic heterocycles. The molecular weight excluding hydrogens is 332 g/mol. The number of benzene rings is 2. The molecule has 1 amide bonds. The molecule has 1 saturated heterocycles. The van der Waals surface area contributed by atoms with E-state index in [0.717, 1.165) is 22.6 Å². The minimum atomic E-state index is -0.139. The van der Waals surface area contributed by atoms with E-state index in [9.17, 15) is 4.79 Å². The highest BCUT2D eigenvalue weighted by atomic mass is 32.2. The van der Waals surface area contributed by atoms with Crippen LogP contribution >= 0.6 is 11.8 Å². The standard InChI is InChI=1S/C20H20N2O2S/c1-4-24-17-8-6-5-7-15(17)12-18-19(23)22-20(25-18)21-16-10-9-13(2)11-14(16)3/h5-12H,4H2,1-3H3,(H,21,22,23)/b18-12-. The lowest BCUT2D eigenvalue weighted by Gasteiger charge is -2.06. The summed E-state index contributed by atoms with van der Waals surface area (Å²) in [7, 11) is 0. The van der Waals surface area contributed by atoms with Gasteiger partial charge in [-0.05, 0) is 56.3 Å². The molecule has 4 nitrogen and oxygen atoms in total. The first-order chi connectivity index (χ1) is 12.1. The van der Waals surface area contributed by atoms with Crippen molar-refractivity contribution < 1.29 is 9.53 Å². The number of carbonyl (C=O) groups excluding carboxylic acids is 1. The first-order valence-corrected chi connectivity index (χ1v) is 8.97. The molecule has 0 aliphatic carbocycles. The van der Waals surface area contributed by atoms with E-state index in [-0.39, 0.29) is 5.91 Å². The van der Waals surface area contributed by atoms with Crippen molar-refractivity contribution in [1.29, 1.82) is 0 Å². The molecule has 5 heteroatoms. The number of hydrogen-bond acceptors (Lipinski definition) is 4. The summed E-state index contributed by atoms with van der Waals surface area (Å²) < 4.78 is 5.62. The molecule has 0 unspecified atom stereocenters. The molecule has 1 heterocycles. The molecule has 128 valence electrons. The fourth-order valence-corrected chi connectivity index (χ4v) is 3.37. The van der Waals surface area contributed by atoms with E-state index in [1.165, 1.54) is 17.3 Å². The van der Waals surface area contributed by atoms with Crippen molar-refractivity contribution in [1.82, 2.24) is 5.32 Å². The summed E-state index contributed by atoms with van der Waals surface area (Å²) in [5.74, 6) is 0.630. The van der Waals surface area contributed by atoms with E-state index in [2.05, 4.69) is 16.4 Å². The van der Waals surface area contributed by atoms with Gasteiger partial charge in [0.1, 0.15) is 5.75 Å². The predicted molar refractivity (Wildman–Crippen MR) is 104 cm³/mol. The largest absolute Gasteiger partial charge is 0.493 e. The fraction of sp³-hybridized carbons (Fsp3) is 0.200. The number of aryl methyl sites for hydroxylation is 2. The highest BCUT2D eigenvalue weighted by Gasteiger charge is 2.24. The molecule has 3 rings (SSSR count). The van der Waals surface area contributed by atoms with Crippen LogP contribution in [0.4, 0.5) is 5.69 Å². The average molecular weight is 352 g/mol. The van der Waals surface area contributed by atoms with Crippen LogP contribution in [-0.4, -0.2) is 17.7 Å². The topological polar surface area (TPSA) is 50.7 Å². The van der Waals surface area contributed by atoms with Gasteiger partial charge in [-0.15, -0.1) is 0 Å². The van der Waals surface area contributed by atoms with E-state index in [1.807, 2.05) is 63.2 Å². The fourth-order valence-electron chi connectivity index (χ4n) is 2.55. The number of carbonyl (C=O) groups is 1. The molecule has 0 atom stereocenters. The van der Waals surface area contributed by atoms with Gasteiger partial charge in [-0.25, -0.2) is 4.99 Å². The van der Waals surface area contributed by atoms with Gasteiger partial charge < -0.3 is 10.1 Å². The molecule has 0 bridgehead atoms. The Labute approximate surface area is 152 Å². The Balaban J connectivity index is 1.86. The minimum absolute atomic E-state index is 0.139. The normalized spacial score (nSPS) is 17.2. The van der Waals surface area contributed by atoms with Crippen LogP contribution in [0.2, 0.25) is 0 Å². The summed E-state index contributed by atoms with van der Waals surface area (Å²) in [4.78, 5) is 17.4. The number of aliphatic imine (C=N–C) groups is 1. The van der Waals surface area contributed by atoms with Crippen LogP contribution in [0.1, 0.15) is 23.6 Å². The summed E-state index contributed by atoms with van der Waals surface area (Å²) >= 11 is 1.34. The summed E-state index contributed by atoms with van der Waals surface area (Å²) in [5.41, 5.74) is 4.03. The molecule has 2 aromatic rings. The molecule has 0 saturated carbocycles. The Morgan fingerprint density at radius 3 is 2.76 bits per heavy atom. The van der Waals surface area contributed by atoms with Crippen molar-refractivity contribution in [3.8, 4) is 5.75 Å². The third-order valence-corrected chi connectivity index (χ3v) is 4.64. The lowest BCUT2D eigenvalue weighted by Crippen LogP contribution is -2.19. The van der Waals surface area contributed by atoms with Crippen LogP contribution in [0, 0.1) is 13.8 Å². The lowest BCUT2D eigenvalue weighted by atomic mass is 10.1. The van der Waals surface area contributed by atoms with Gasteiger partial charge in [0.15, 0.2) is 5.17 Å². The summed E-state index contributed by atoms with van der Waals surface area (Å²) in [5, 5.41) is 3.43. The number of nitrogens with zero attached hydrogens (tertiary/aromatic N) is 1. The number of thioether (sulfide) groups is 1. The molecule has 0 spiro atoms. The molecule has 1 aliphatic rings. The first kappa shape index (κ1) is 17.3. The van der Waals surface area contributed by atoms with Gasteiger partial charge >= 0.3 is 0 Å². The van der Waals surface area contributed by atoms with Crippen molar-refractivity contribution in [2.75, 3.05) is 6.61 Å². The summed E-state index contributed by atoms with van der Waals surface area (Å²) in [6.45, 7) is 6.59. The second kappa shape index (κ2) is 7.57. The van der Waals surface area contributed by atoms with Crippen molar-refractivity contribution in [2.24, 2.45) is 4.99 Å². The Bertz CT molecular complexity index is 872. The van der Waals surface area contributed by atoms with E-state index < -0.39 is 0 Å². The molecule has 0 radical (unpaired) electrons. The lowest BCUT2D eigenvalue weighted by molar-refractivity contribution is -0.115. The molecule has 25 heavy (non-hydrogen) atoms. The van der Waals surface area contributed by atoms with Gasteiger partial charge in [0.05, 0.1) is 17.2 Å². The highest BCUT2D eigenvalue weighted by Crippen LogP contribution is 2.31. The quantitative estimate of drug-likeness (QED) is 0.819. The van der Waals surface area contributed by atoms with E-state index in [4.69, 9.17) is 4.74 Å².